The van der Waals surface area contributed by atoms with E-state index in [1.165, 1.54) is 11.8 Å². The molecule has 1 atom stereocenters. The van der Waals surface area contributed by atoms with Crippen molar-refractivity contribution in [2.75, 3.05) is 5.32 Å². The van der Waals surface area contributed by atoms with Gasteiger partial charge in [-0.2, -0.15) is 0 Å². The normalized spacial score (nSPS) is 12.1. The standard InChI is InChI=1S/C13H14ClN3/c1-2-11(10-6-4-3-5-7-10)16-13-9-15-8-12(14)17-13/h3-9,11H,2H2,1H3,(H,16,17). The van der Waals surface area contributed by atoms with Gasteiger partial charge in [-0.05, 0) is 12.0 Å². The molecule has 2 aromatic rings. The van der Waals surface area contributed by atoms with Crippen molar-refractivity contribution in [1.82, 2.24) is 9.97 Å². The third-order valence-corrected chi connectivity index (χ3v) is 2.72. The molecule has 1 N–H and O–H groups in total. The zero-order chi connectivity index (χ0) is 12.1. The summed E-state index contributed by atoms with van der Waals surface area (Å²) in [6, 6.07) is 10.5. The summed E-state index contributed by atoms with van der Waals surface area (Å²) in [6.07, 6.45) is 4.17. The lowest BCUT2D eigenvalue weighted by Crippen LogP contribution is -2.10. The summed E-state index contributed by atoms with van der Waals surface area (Å²) < 4.78 is 0. The van der Waals surface area contributed by atoms with E-state index in [1.807, 2.05) is 18.2 Å². The maximum absolute atomic E-state index is 5.80. The van der Waals surface area contributed by atoms with E-state index >= 15 is 0 Å². The van der Waals surface area contributed by atoms with Crippen LogP contribution in [-0.4, -0.2) is 9.97 Å². The number of halogens is 1. The van der Waals surface area contributed by atoms with Gasteiger partial charge in [0.2, 0.25) is 0 Å². The van der Waals surface area contributed by atoms with Gasteiger partial charge in [0, 0.05) is 0 Å². The first-order valence-corrected chi connectivity index (χ1v) is 5.96. The number of benzene rings is 1. The van der Waals surface area contributed by atoms with E-state index < -0.39 is 0 Å². The Bertz CT molecular complexity index is 473. The van der Waals surface area contributed by atoms with Crippen LogP contribution < -0.4 is 5.32 Å². The van der Waals surface area contributed by atoms with Crippen molar-refractivity contribution in [2.24, 2.45) is 0 Å². The first kappa shape index (κ1) is 11.9. The Kier molecular flexibility index (Phi) is 3.94. The molecule has 1 aromatic heterocycles. The lowest BCUT2D eigenvalue weighted by Gasteiger charge is -2.17. The molecule has 4 heteroatoms. The van der Waals surface area contributed by atoms with E-state index in [-0.39, 0.29) is 6.04 Å². The topological polar surface area (TPSA) is 37.8 Å². The Balaban J connectivity index is 2.16. The molecule has 0 fully saturated rings. The number of aromatic nitrogens is 2. The van der Waals surface area contributed by atoms with Gasteiger partial charge in [-0.1, -0.05) is 48.9 Å². The summed E-state index contributed by atoms with van der Waals surface area (Å²) in [6.45, 7) is 2.13. The Labute approximate surface area is 106 Å². The van der Waals surface area contributed by atoms with Crippen molar-refractivity contribution >= 4 is 17.4 Å². The van der Waals surface area contributed by atoms with Crippen LogP contribution in [-0.2, 0) is 0 Å². The molecular weight excluding hydrogens is 234 g/mol. The van der Waals surface area contributed by atoms with Crippen molar-refractivity contribution < 1.29 is 0 Å². The van der Waals surface area contributed by atoms with Gasteiger partial charge in [-0.15, -0.1) is 0 Å². The Hall–Kier alpha value is -1.61. The highest BCUT2D eigenvalue weighted by atomic mass is 35.5. The SMILES string of the molecule is CCC(Nc1cncc(Cl)n1)c1ccccc1. The van der Waals surface area contributed by atoms with Crippen LogP contribution in [0.1, 0.15) is 24.9 Å². The monoisotopic (exact) mass is 247 g/mol. The fourth-order valence-corrected chi connectivity index (χ4v) is 1.84. The van der Waals surface area contributed by atoms with Gasteiger partial charge in [-0.25, -0.2) is 4.98 Å². The molecule has 1 unspecified atom stereocenters. The predicted octanol–water partition coefficient (Wildman–Crippen LogP) is 3.69. The molecule has 0 aliphatic carbocycles. The molecule has 0 amide bonds. The molecular formula is C13H14ClN3. The van der Waals surface area contributed by atoms with E-state index in [9.17, 15) is 0 Å². The first-order valence-electron chi connectivity index (χ1n) is 5.58. The number of nitrogens with one attached hydrogen (secondary N) is 1. The van der Waals surface area contributed by atoms with E-state index in [0.717, 1.165) is 6.42 Å². The fraction of sp³-hybridized carbons (Fsp3) is 0.231. The quantitative estimate of drug-likeness (QED) is 0.895. The number of nitrogens with zero attached hydrogens (tertiary/aromatic N) is 2. The molecule has 17 heavy (non-hydrogen) atoms. The van der Waals surface area contributed by atoms with Crippen molar-refractivity contribution in [2.45, 2.75) is 19.4 Å². The molecule has 2 rings (SSSR count). The lowest BCUT2D eigenvalue weighted by atomic mass is 10.1. The van der Waals surface area contributed by atoms with Gasteiger partial charge in [-0.3, -0.25) is 4.98 Å². The third-order valence-electron chi connectivity index (χ3n) is 2.54. The van der Waals surface area contributed by atoms with Crippen LogP contribution in [0.3, 0.4) is 0 Å². The molecule has 88 valence electrons. The second-order valence-electron chi connectivity index (χ2n) is 3.74. The molecule has 1 aromatic carbocycles. The summed E-state index contributed by atoms with van der Waals surface area (Å²) in [5.74, 6) is 0.702. The average molecular weight is 248 g/mol. The minimum atomic E-state index is 0.226. The van der Waals surface area contributed by atoms with Gasteiger partial charge >= 0.3 is 0 Å². The van der Waals surface area contributed by atoms with E-state index in [4.69, 9.17) is 11.6 Å². The van der Waals surface area contributed by atoms with Crippen molar-refractivity contribution in [3.63, 3.8) is 0 Å². The first-order chi connectivity index (χ1) is 8.29. The van der Waals surface area contributed by atoms with Gasteiger partial charge < -0.3 is 5.32 Å². The Morgan fingerprint density at radius 3 is 2.65 bits per heavy atom. The van der Waals surface area contributed by atoms with Gasteiger partial charge in [0.25, 0.3) is 0 Å². The van der Waals surface area contributed by atoms with Crippen LogP contribution >= 0.6 is 11.6 Å². The molecule has 0 saturated carbocycles. The fourth-order valence-electron chi connectivity index (χ4n) is 1.70. The van der Waals surface area contributed by atoms with Gasteiger partial charge in [0.15, 0.2) is 0 Å². The summed E-state index contributed by atoms with van der Waals surface area (Å²) in [4.78, 5) is 8.19. The van der Waals surface area contributed by atoms with Crippen LogP contribution in [0.5, 0.6) is 0 Å². The van der Waals surface area contributed by atoms with E-state index in [1.54, 1.807) is 6.20 Å². The second-order valence-corrected chi connectivity index (χ2v) is 4.13. The Morgan fingerprint density at radius 2 is 2.00 bits per heavy atom. The highest BCUT2D eigenvalue weighted by Crippen LogP contribution is 2.21. The predicted molar refractivity (Wildman–Crippen MR) is 70.1 cm³/mol. The van der Waals surface area contributed by atoms with Crippen molar-refractivity contribution in [3.05, 3.63) is 53.4 Å². The van der Waals surface area contributed by atoms with Crippen LogP contribution in [0.4, 0.5) is 5.82 Å². The molecule has 0 aliphatic rings. The van der Waals surface area contributed by atoms with Crippen LogP contribution in [0, 0.1) is 0 Å². The molecule has 0 spiro atoms. The number of rotatable bonds is 4. The molecule has 3 nitrogen and oxygen atoms in total. The van der Waals surface area contributed by atoms with Gasteiger partial charge in [0.05, 0.1) is 18.4 Å². The summed E-state index contributed by atoms with van der Waals surface area (Å²) >= 11 is 5.80. The maximum atomic E-state index is 5.80. The molecule has 0 radical (unpaired) electrons. The maximum Gasteiger partial charge on any atom is 0.149 e. The number of hydrogen-bond donors (Lipinski definition) is 1. The van der Waals surface area contributed by atoms with Gasteiger partial charge in [0.1, 0.15) is 11.0 Å². The number of hydrogen-bond acceptors (Lipinski definition) is 3. The highest BCUT2D eigenvalue weighted by Gasteiger charge is 2.09. The van der Waals surface area contributed by atoms with Crippen LogP contribution in [0.25, 0.3) is 0 Å². The zero-order valence-electron chi connectivity index (χ0n) is 9.60. The smallest absolute Gasteiger partial charge is 0.149 e. The van der Waals surface area contributed by atoms with Crippen LogP contribution in [0.15, 0.2) is 42.7 Å². The van der Waals surface area contributed by atoms with E-state index in [0.29, 0.717) is 11.0 Å². The average Bonchev–Trinajstić information content (AvgIpc) is 2.37. The van der Waals surface area contributed by atoms with E-state index in [2.05, 4.69) is 34.3 Å². The molecule has 1 heterocycles. The Morgan fingerprint density at radius 1 is 1.24 bits per heavy atom. The zero-order valence-corrected chi connectivity index (χ0v) is 10.4. The second kappa shape index (κ2) is 5.64. The van der Waals surface area contributed by atoms with Crippen molar-refractivity contribution in [1.29, 1.82) is 0 Å². The third kappa shape index (κ3) is 3.17. The number of anilines is 1. The highest BCUT2D eigenvalue weighted by molar-refractivity contribution is 6.29. The summed E-state index contributed by atoms with van der Waals surface area (Å²) in [5.41, 5.74) is 1.23. The summed E-state index contributed by atoms with van der Waals surface area (Å²) in [5, 5.41) is 3.73. The van der Waals surface area contributed by atoms with Crippen LogP contribution in [0.2, 0.25) is 5.15 Å². The molecule has 0 bridgehead atoms. The minimum Gasteiger partial charge on any atom is -0.362 e. The minimum absolute atomic E-state index is 0.226. The summed E-state index contributed by atoms with van der Waals surface area (Å²) in [7, 11) is 0. The lowest BCUT2D eigenvalue weighted by molar-refractivity contribution is 0.743. The molecule has 0 aliphatic heterocycles. The largest absolute Gasteiger partial charge is 0.362 e. The van der Waals surface area contributed by atoms with Crippen molar-refractivity contribution in [3.8, 4) is 0 Å². The molecule has 0 saturated heterocycles.